The largest absolute Gasteiger partial charge is 0.492 e. The molecule has 0 heterocycles. The molecule has 0 aliphatic heterocycles. The van der Waals surface area contributed by atoms with E-state index < -0.39 is 0 Å². The summed E-state index contributed by atoms with van der Waals surface area (Å²) >= 11 is 0. The molecule has 0 amide bonds. The highest BCUT2D eigenvalue weighted by atomic mass is 16.5. The van der Waals surface area contributed by atoms with E-state index in [1.807, 2.05) is 12.1 Å². The molecule has 3 heteroatoms. The molecule has 2 aliphatic carbocycles. The monoisotopic (exact) mass is 275 g/mol. The molecule has 20 heavy (non-hydrogen) atoms. The van der Waals surface area contributed by atoms with Crippen LogP contribution in [0, 0.1) is 5.92 Å². The second-order valence-corrected chi connectivity index (χ2v) is 6.30. The van der Waals surface area contributed by atoms with Crippen LogP contribution in [0.25, 0.3) is 0 Å². The maximum Gasteiger partial charge on any atom is 0.119 e. The number of aryl methyl sites for hydroxylation is 1. The summed E-state index contributed by atoms with van der Waals surface area (Å²) in [6.07, 6.45) is 5.90. The molecule has 3 nitrogen and oxygen atoms in total. The Morgan fingerprint density at radius 1 is 1.30 bits per heavy atom. The van der Waals surface area contributed by atoms with Gasteiger partial charge in [-0.25, -0.2) is 0 Å². The van der Waals surface area contributed by atoms with E-state index in [1.165, 1.54) is 31.2 Å². The van der Waals surface area contributed by atoms with Crippen molar-refractivity contribution in [2.45, 2.75) is 50.6 Å². The molecule has 2 aliphatic rings. The number of benzene rings is 1. The second kappa shape index (κ2) is 5.74. The summed E-state index contributed by atoms with van der Waals surface area (Å²) in [5, 5.41) is 13.5. The molecule has 1 unspecified atom stereocenters. The van der Waals surface area contributed by atoms with E-state index in [0.29, 0.717) is 18.6 Å². The average Bonchev–Trinajstić information content (AvgIpc) is 3.37. The second-order valence-electron chi connectivity index (χ2n) is 6.30. The number of aliphatic hydroxyl groups is 1. The average molecular weight is 275 g/mol. The summed E-state index contributed by atoms with van der Waals surface area (Å²) in [4.78, 5) is 0. The van der Waals surface area contributed by atoms with Gasteiger partial charge < -0.3 is 15.2 Å². The molecular formula is C17H25NO2. The third kappa shape index (κ3) is 3.15. The molecule has 2 fully saturated rings. The van der Waals surface area contributed by atoms with Crippen molar-refractivity contribution in [1.29, 1.82) is 0 Å². The molecular weight excluding hydrogens is 250 g/mol. The topological polar surface area (TPSA) is 41.5 Å². The van der Waals surface area contributed by atoms with Crippen molar-refractivity contribution in [1.82, 2.24) is 5.32 Å². The Labute approximate surface area is 121 Å². The van der Waals surface area contributed by atoms with Crippen molar-refractivity contribution in [3.8, 4) is 5.75 Å². The summed E-state index contributed by atoms with van der Waals surface area (Å²) in [6.45, 7) is 2.88. The van der Waals surface area contributed by atoms with Crippen molar-refractivity contribution in [2.75, 3.05) is 13.2 Å². The van der Waals surface area contributed by atoms with Gasteiger partial charge in [0.05, 0.1) is 12.1 Å². The molecule has 1 aromatic rings. The van der Waals surface area contributed by atoms with E-state index >= 15 is 0 Å². The van der Waals surface area contributed by atoms with Crippen molar-refractivity contribution >= 4 is 0 Å². The van der Waals surface area contributed by atoms with Crippen LogP contribution in [0.1, 0.15) is 38.2 Å². The van der Waals surface area contributed by atoms with Crippen LogP contribution in [-0.4, -0.2) is 29.9 Å². The molecule has 2 N–H and O–H groups in total. The molecule has 0 aromatic heterocycles. The molecule has 0 saturated heterocycles. The Hall–Kier alpha value is -1.06. The highest BCUT2D eigenvalue weighted by molar-refractivity contribution is 5.28. The van der Waals surface area contributed by atoms with Crippen LogP contribution in [0.2, 0.25) is 0 Å². The highest BCUT2D eigenvalue weighted by Crippen LogP contribution is 2.41. The summed E-state index contributed by atoms with van der Waals surface area (Å²) in [5.74, 6) is 1.49. The first-order valence-electron chi connectivity index (χ1n) is 7.86. The van der Waals surface area contributed by atoms with E-state index in [1.54, 1.807) is 0 Å². The summed E-state index contributed by atoms with van der Waals surface area (Å²) < 4.78 is 6.01. The minimum Gasteiger partial charge on any atom is -0.492 e. The molecule has 2 saturated carbocycles. The van der Waals surface area contributed by atoms with Crippen molar-refractivity contribution in [3.63, 3.8) is 0 Å². The van der Waals surface area contributed by atoms with Crippen molar-refractivity contribution in [2.24, 2.45) is 5.92 Å². The molecule has 3 rings (SSSR count). The predicted molar refractivity (Wildman–Crippen MR) is 80.0 cm³/mol. The van der Waals surface area contributed by atoms with Crippen molar-refractivity contribution in [3.05, 3.63) is 29.8 Å². The number of nitrogens with one attached hydrogen (secondary N) is 1. The number of rotatable bonds is 8. The van der Waals surface area contributed by atoms with Crippen LogP contribution in [0.4, 0.5) is 0 Å². The van der Waals surface area contributed by atoms with E-state index in [0.717, 1.165) is 12.2 Å². The van der Waals surface area contributed by atoms with Crippen LogP contribution < -0.4 is 10.1 Å². The predicted octanol–water partition coefficient (Wildman–Crippen LogP) is 2.52. The van der Waals surface area contributed by atoms with Gasteiger partial charge in [0, 0.05) is 6.04 Å². The molecule has 110 valence electrons. The van der Waals surface area contributed by atoms with Gasteiger partial charge >= 0.3 is 0 Å². The first-order chi connectivity index (χ1) is 9.75. The minimum absolute atomic E-state index is 0.168. The third-order valence-corrected chi connectivity index (χ3v) is 4.51. The Morgan fingerprint density at radius 3 is 2.70 bits per heavy atom. The third-order valence-electron chi connectivity index (χ3n) is 4.51. The van der Waals surface area contributed by atoms with Gasteiger partial charge in [0.2, 0.25) is 0 Å². The minimum atomic E-state index is -0.233. The summed E-state index contributed by atoms with van der Waals surface area (Å²) in [5.41, 5.74) is 1.06. The van der Waals surface area contributed by atoms with Gasteiger partial charge in [-0.1, -0.05) is 19.1 Å². The SMILES string of the molecule is CCc1cccc(OCC(CO)(NC2CC2)C2CC2)c1. The van der Waals surface area contributed by atoms with E-state index in [9.17, 15) is 5.11 Å². The number of hydrogen-bond acceptors (Lipinski definition) is 3. The number of aliphatic hydroxyl groups excluding tert-OH is 1. The smallest absolute Gasteiger partial charge is 0.119 e. The van der Waals surface area contributed by atoms with Gasteiger partial charge in [-0.2, -0.15) is 0 Å². The van der Waals surface area contributed by atoms with Gasteiger partial charge in [-0.15, -0.1) is 0 Å². The number of hydrogen-bond donors (Lipinski definition) is 2. The lowest BCUT2D eigenvalue weighted by Gasteiger charge is -2.33. The molecule has 0 spiro atoms. The fourth-order valence-electron chi connectivity index (χ4n) is 2.84. The number of ether oxygens (including phenoxy) is 1. The quantitative estimate of drug-likeness (QED) is 0.766. The zero-order valence-electron chi connectivity index (χ0n) is 12.3. The Bertz CT molecular complexity index is 454. The van der Waals surface area contributed by atoms with Crippen LogP contribution in [0.15, 0.2) is 24.3 Å². The van der Waals surface area contributed by atoms with Gasteiger partial charge in [-0.3, -0.25) is 0 Å². The van der Waals surface area contributed by atoms with Crippen LogP contribution >= 0.6 is 0 Å². The standard InChI is InChI=1S/C17H25NO2/c1-2-13-4-3-5-16(10-13)20-12-17(11-19,14-6-7-14)18-15-8-9-15/h3-5,10,14-15,18-19H,2,6-9,11-12H2,1H3. The lowest BCUT2D eigenvalue weighted by atomic mass is 9.95. The Kier molecular flexibility index (Phi) is 3.99. The van der Waals surface area contributed by atoms with Crippen LogP contribution in [0.5, 0.6) is 5.75 Å². The summed E-state index contributed by atoms with van der Waals surface area (Å²) in [7, 11) is 0. The Morgan fingerprint density at radius 2 is 2.10 bits per heavy atom. The van der Waals surface area contributed by atoms with Crippen LogP contribution in [0.3, 0.4) is 0 Å². The maximum absolute atomic E-state index is 9.90. The maximum atomic E-state index is 9.90. The van der Waals surface area contributed by atoms with Crippen LogP contribution in [-0.2, 0) is 6.42 Å². The van der Waals surface area contributed by atoms with Gasteiger partial charge in [0.1, 0.15) is 12.4 Å². The van der Waals surface area contributed by atoms with Gasteiger partial charge in [0.15, 0.2) is 0 Å². The lowest BCUT2D eigenvalue weighted by Crippen LogP contribution is -2.56. The fraction of sp³-hybridized carbons (Fsp3) is 0.647. The Balaban J connectivity index is 1.66. The van der Waals surface area contributed by atoms with Gasteiger partial charge in [-0.05, 0) is 55.7 Å². The van der Waals surface area contributed by atoms with E-state index in [2.05, 4.69) is 24.4 Å². The van der Waals surface area contributed by atoms with Gasteiger partial charge in [0.25, 0.3) is 0 Å². The normalized spacial score (nSPS) is 21.5. The first-order valence-corrected chi connectivity index (χ1v) is 7.86. The highest BCUT2D eigenvalue weighted by Gasteiger charge is 2.48. The zero-order chi connectivity index (χ0) is 14.0. The molecule has 1 atom stereocenters. The summed E-state index contributed by atoms with van der Waals surface area (Å²) in [6, 6.07) is 8.86. The first kappa shape index (κ1) is 13.9. The van der Waals surface area contributed by atoms with E-state index in [-0.39, 0.29) is 12.1 Å². The van der Waals surface area contributed by atoms with E-state index in [4.69, 9.17) is 4.74 Å². The van der Waals surface area contributed by atoms with Crippen molar-refractivity contribution < 1.29 is 9.84 Å². The molecule has 0 bridgehead atoms. The lowest BCUT2D eigenvalue weighted by molar-refractivity contribution is 0.0831. The zero-order valence-corrected chi connectivity index (χ0v) is 12.3. The fourth-order valence-corrected chi connectivity index (χ4v) is 2.84. The molecule has 0 radical (unpaired) electrons. The molecule has 1 aromatic carbocycles.